The molecule has 0 saturated carbocycles. The Morgan fingerprint density at radius 2 is 1.12 bits per heavy atom. The first-order valence-electron chi connectivity index (χ1n) is 15.5. The molecule has 3 heterocycles. The van der Waals surface area contributed by atoms with E-state index in [1.165, 1.54) is 15.6 Å². The van der Waals surface area contributed by atoms with E-state index in [2.05, 4.69) is 20.4 Å². The molecular formula is C33H29BN12O10W. The molecule has 290 valence electrons. The maximum absolute atomic E-state index is 10.7. The van der Waals surface area contributed by atoms with Crippen molar-refractivity contribution in [2.45, 2.75) is 19.8 Å². The first-order valence-corrected chi connectivity index (χ1v) is 16.7. The number of nitrogens with two attached hydrogens (primary N) is 1. The predicted octanol–water partition coefficient (Wildman–Crippen LogP) is 0.890. The van der Waals surface area contributed by atoms with Crippen molar-refractivity contribution >= 4 is 29.6 Å². The number of aliphatic hydroxyl groups excluding tert-OH is 3. The topological polar surface area (TPSA) is 366 Å². The van der Waals surface area contributed by atoms with E-state index in [0.29, 0.717) is 36.6 Å². The van der Waals surface area contributed by atoms with Gasteiger partial charge in [-0.15, -0.1) is 5.10 Å². The van der Waals surface area contributed by atoms with Crippen molar-refractivity contribution in [3.63, 3.8) is 0 Å². The number of rotatable bonds is 8. The Balaban J connectivity index is 0.000000265. The molecular weight excluding hydrogens is 919 g/mol. The maximum atomic E-state index is 10.7. The van der Waals surface area contributed by atoms with E-state index in [1.807, 2.05) is 6.07 Å². The molecule has 0 fully saturated rings. The molecule has 3 aromatic carbocycles. The van der Waals surface area contributed by atoms with Crippen LogP contribution in [0, 0.1) is 54.2 Å². The first kappa shape index (κ1) is 45.9. The fourth-order valence-corrected chi connectivity index (χ4v) is 4.12. The number of hydrogen-bond acceptors (Lipinski definition) is 17. The Hall–Kier alpha value is -7.29. The van der Waals surface area contributed by atoms with Crippen LogP contribution in [0.2, 0.25) is 0 Å². The van der Waals surface area contributed by atoms with Crippen molar-refractivity contribution in [1.82, 2.24) is 29.8 Å². The van der Waals surface area contributed by atoms with Crippen LogP contribution in [0.4, 0.5) is 17.1 Å². The molecule has 0 aliphatic carbocycles. The van der Waals surface area contributed by atoms with Crippen molar-refractivity contribution in [1.29, 1.82) is 15.8 Å². The van der Waals surface area contributed by atoms with E-state index in [4.69, 9.17) is 50.3 Å². The summed E-state index contributed by atoms with van der Waals surface area (Å²) in [5, 5.41) is 104. The number of H-pyrrole nitrogens is 1. The van der Waals surface area contributed by atoms with Gasteiger partial charge in [0.2, 0.25) is 11.4 Å². The summed E-state index contributed by atoms with van der Waals surface area (Å²) in [7, 11) is -1.43. The predicted molar refractivity (Wildman–Crippen MR) is 192 cm³/mol. The molecule has 0 saturated heterocycles. The minimum atomic E-state index is -1.43. The molecule has 24 heteroatoms. The van der Waals surface area contributed by atoms with Crippen LogP contribution in [0.15, 0.2) is 91.4 Å². The van der Waals surface area contributed by atoms with Crippen molar-refractivity contribution in [2.24, 2.45) is 0 Å². The van der Waals surface area contributed by atoms with Crippen molar-refractivity contribution in [3.8, 4) is 29.6 Å². The van der Waals surface area contributed by atoms with Gasteiger partial charge in [-0.1, -0.05) is 48.5 Å². The van der Waals surface area contributed by atoms with E-state index < -0.39 is 17.0 Å². The minimum absolute atomic E-state index is 0.00493. The van der Waals surface area contributed by atoms with Crippen LogP contribution in [0.1, 0.15) is 33.8 Å². The van der Waals surface area contributed by atoms with Crippen LogP contribution in [-0.2, 0) is 43.0 Å². The number of hydrogen-bond donors (Lipinski definition) is 7. The van der Waals surface area contributed by atoms with Gasteiger partial charge in [0.25, 0.3) is 0 Å². The summed E-state index contributed by atoms with van der Waals surface area (Å²) in [6, 6.07) is 25.5. The molecule has 0 unspecified atom stereocenters. The number of nitrogen functional groups attached to an aromatic ring is 1. The molecule has 0 radical (unpaired) electrons. The standard InChI is InChI=1S/C11H8N4O3.C11H10N4O.C7H9BO3.C4H2N4O2.O.W/c12-5-10-11(15(17)18)6-14(13-10)9-3-1-8(7-16)2-4-9;12-5-11-10(13)6-15(14-11)9-3-1-8(7-16)2-4-9;9-5-6-1-3-7(4-2-6)8(10)11;5-1-3-4(8(9)10)2-6-7-3;;/h1-4,6,16H,7H2;1-4,6,16H,7,13H2;1-4,9-11H,5H2;2H,(H,6,7);;. The molecule has 0 amide bonds. The zero-order valence-corrected chi connectivity index (χ0v) is 32.0. The van der Waals surface area contributed by atoms with Crippen LogP contribution in [0.5, 0.6) is 0 Å². The van der Waals surface area contributed by atoms with Crippen molar-refractivity contribution in [3.05, 3.63) is 145 Å². The number of aromatic amines is 1. The number of aliphatic hydroxyl groups is 3. The molecule has 0 aliphatic rings. The third-order valence-electron chi connectivity index (χ3n) is 7.00. The number of benzene rings is 3. The summed E-state index contributed by atoms with van der Waals surface area (Å²) >= 11 is 0.333. The Morgan fingerprint density at radius 3 is 1.46 bits per heavy atom. The average molecular weight is 948 g/mol. The van der Waals surface area contributed by atoms with Gasteiger partial charge >= 0.3 is 41.7 Å². The third-order valence-corrected chi connectivity index (χ3v) is 7.00. The summed E-state index contributed by atoms with van der Waals surface area (Å²) in [6.07, 6.45) is 3.78. The number of nitriles is 3. The van der Waals surface area contributed by atoms with Crippen molar-refractivity contribution < 1.29 is 58.4 Å². The number of nitrogens with zero attached hydrogens (tertiary/aromatic N) is 10. The Bertz CT molecular complexity index is 2350. The van der Waals surface area contributed by atoms with Gasteiger partial charge in [-0.25, -0.2) is 9.36 Å². The summed E-state index contributed by atoms with van der Waals surface area (Å²) in [4.78, 5) is 19.4. The molecule has 8 N–H and O–H groups in total. The van der Waals surface area contributed by atoms with Crippen LogP contribution >= 0.6 is 0 Å². The van der Waals surface area contributed by atoms with Gasteiger partial charge in [-0.05, 0) is 46.4 Å². The second-order valence-electron chi connectivity index (χ2n) is 10.6. The van der Waals surface area contributed by atoms with E-state index in [1.54, 1.807) is 91.1 Å². The molecule has 6 aromatic rings. The zero-order valence-electron chi connectivity index (χ0n) is 29.1. The summed E-state index contributed by atoms with van der Waals surface area (Å²) in [5.74, 6) is 0. The van der Waals surface area contributed by atoms with Gasteiger partial charge < -0.3 is 31.1 Å². The second kappa shape index (κ2) is 23.5. The van der Waals surface area contributed by atoms with E-state index >= 15 is 0 Å². The Kier molecular flexibility index (Phi) is 18.9. The first-order chi connectivity index (χ1) is 27.4. The Labute approximate surface area is 333 Å². The van der Waals surface area contributed by atoms with Crippen LogP contribution in [0.3, 0.4) is 0 Å². The average Bonchev–Trinajstić information content (AvgIpc) is 4.01. The number of anilines is 1. The molecule has 57 heavy (non-hydrogen) atoms. The summed E-state index contributed by atoms with van der Waals surface area (Å²) in [6.45, 7) is -0.101. The van der Waals surface area contributed by atoms with Crippen LogP contribution < -0.4 is 11.2 Å². The molecule has 0 bridgehead atoms. The molecule has 6 rings (SSSR count). The van der Waals surface area contributed by atoms with E-state index in [-0.39, 0.29) is 48.3 Å². The molecule has 0 spiro atoms. The second-order valence-corrected chi connectivity index (χ2v) is 10.6. The number of nitrogens with one attached hydrogen (secondary N) is 1. The fraction of sp³-hybridized carbons (Fsp3) is 0.0909. The zero-order chi connectivity index (χ0) is 42.5. The Morgan fingerprint density at radius 1 is 0.702 bits per heavy atom. The molecule has 22 nitrogen and oxygen atoms in total. The van der Waals surface area contributed by atoms with E-state index in [9.17, 15) is 20.2 Å². The summed E-state index contributed by atoms with van der Waals surface area (Å²) < 4.78 is 11.1. The normalized spacial score (nSPS) is 9.44. The van der Waals surface area contributed by atoms with Gasteiger partial charge in [-0.3, -0.25) is 25.3 Å². The number of aromatic nitrogens is 6. The van der Waals surface area contributed by atoms with Crippen LogP contribution in [0.25, 0.3) is 11.4 Å². The summed E-state index contributed by atoms with van der Waals surface area (Å²) in [5.41, 5.74) is 9.31. The van der Waals surface area contributed by atoms with Crippen LogP contribution in [-0.4, -0.2) is 72.1 Å². The van der Waals surface area contributed by atoms with Gasteiger partial charge in [0.15, 0.2) is 5.69 Å². The molecule has 0 atom stereocenters. The fourth-order valence-electron chi connectivity index (χ4n) is 4.12. The van der Waals surface area contributed by atoms with Gasteiger partial charge in [0, 0.05) is 0 Å². The third kappa shape index (κ3) is 13.5. The molecule has 3 aromatic heterocycles. The van der Waals surface area contributed by atoms with Gasteiger partial charge in [0.05, 0.1) is 52.9 Å². The van der Waals surface area contributed by atoms with Gasteiger partial charge in [0.1, 0.15) is 30.6 Å². The monoisotopic (exact) mass is 948 g/mol. The quantitative estimate of drug-likeness (QED) is 0.0633. The van der Waals surface area contributed by atoms with Crippen molar-refractivity contribution in [2.75, 3.05) is 5.73 Å². The molecule has 0 aliphatic heterocycles. The number of nitro groups is 2. The van der Waals surface area contributed by atoms with Gasteiger partial charge in [-0.2, -0.15) is 26.0 Å². The SMILES string of the molecule is N#Cc1[nH]ncc1[N+](=O)[O-].N#Cc1nn(-c2ccc(CO)cc2)cc1N.N#Cc1nn(-c2ccc(CO)cc2)cc1[N+](=O)[O-].OCc1ccc(B(O)O)cc1.[O]=[W]. The van der Waals surface area contributed by atoms with E-state index in [0.717, 1.165) is 28.6 Å².